The third-order valence-electron chi connectivity index (χ3n) is 0.834. The first kappa shape index (κ1) is 8.87. The summed E-state index contributed by atoms with van der Waals surface area (Å²) in [5.74, 6) is 0. The Balaban J connectivity index is 3.55. The minimum Gasteiger partial charge on any atom is -0.355 e. The zero-order valence-electron chi connectivity index (χ0n) is 6.07. The highest BCUT2D eigenvalue weighted by molar-refractivity contribution is 6.77. The van der Waals surface area contributed by atoms with Gasteiger partial charge in [0.25, 0.3) is 0 Å². The van der Waals surface area contributed by atoms with Crippen molar-refractivity contribution in [2.75, 3.05) is 0 Å². The number of hydrogen-bond acceptors (Lipinski definition) is 1. The van der Waals surface area contributed by atoms with Crippen molar-refractivity contribution in [1.29, 1.82) is 0 Å². The molecule has 0 bridgehead atoms. The molecule has 0 rings (SSSR count). The normalized spacial score (nSPS) is 10.2. The molecule has 0 aromatic rings. The molecule has 0 fully saturated rings. The molecule has 50 valence electrons. The van der Waals surface area contributed by atoms with Gasteiger partial charge in [0.2, 0.25) is 0 Å². The highest BCUT2D eigenvalue weighted by atomic mass is 28.3. The summed E-state index contributed by atoms with van der Waals surface area (Å²) in [5.41, 5.74) is 3.94. The molecule has 0 atom stereocenters. The minimum absolute atomic E-state index is 0.305. The largest absolute Gasteiger partial charge is 0.355 e. The molecular weight excluding hydrogens is 142 g/mol. The van der Waals surface area contributed by atoms with Gasteiger partial charge in [0.15, 0.2) is 8.96 Å². The van der Waals surface area contributed by atoms with E-state index >= 15 is 0 Å². The minimum atomic E-state index is -0.600. The molecule has 1 nitrogen and oxygen atoms in total. The van der Waals surface area contributed by atoms with E-state index in [-0.39, 0.29) is 8.96 Å². The van der Waals surface area contributed by atoms with Crippen LogP contribution in [0.2, 0.25) is 13.1 Å². The van der Waals surface area contributed by atoms with Crippen molar-refractivity contribution in [1.82, 2.24) is 4.65 Å². The van der Waals surface area contributed by atoms with Crippen LogP contribution in [0.25, 0.3) is 0 Å². The van der Waals surface area contributed by atoms with Gasteiger partial charge in [0.1, 0.15) is 8.96 Å². The summed E-state index contributed by atoms with van der Waals surface area (Å²) < 4.78 is 3.45. The van der Waals surface area contributed by atoms with Crippen LogP contribution in [0.3, 0.4) is 0 Å². The average molecular weight is 155 g/mol. The number of rotatable bonds is 4. The fraction of sp³-hybridized carbons (Fsp3) is 0.333. The Bertz CT molecular complexity index is 93.2. The van der Waals surface area contributed by atoms with E-state index in [4.69, 9.17) is 0 Å². The Labute approximate surface area is 60.8 Å². The second-order valence-corrected chi connectivity index (χ2v) is 6.72. The molecule has 3 heteroatoms. The Hall–Kier alpha value is -0.126. The molecule has 0 saturated heterocycles. The molecule has 0 heterocycles. The maximum atomic E-state index is 3.71. The van der Waals surface area contributed by atoms with Crippen molar-refractivity contribution in [2.24, 2.45) is 0 Å². The van der Waals surface area contributed by atoms with Gasteiger partial charge in [-0.3, -0.25) is 0 Å². The maximum Gasteiger partial charge on any atom is 0.182 e. The molecule has 0 aromatic heterocycles. The van der Waals surface area contributed by atoms with Crippen LogP contribution >= 0.6 is 0 Å². The Morgan fingerprint density at radius 3 is 1.78 bits per heavy atom. The molecule has 0 aliphatic heterocycles. The van der Waals surface area contributed by atoms with Crippen molar-refractivity contribution in [2.45, 2.75) is 13.1 Å². The lowest BCUT2D eigenvalue weighted by atomic mass is 11.2. The Kier molecular flexibility index (Phi) is 4.66. The van der Waals surface area contributed by atoms with Gasteiger partial charge >= 0.3 is 0 Å². The summed E-state index contributed by atoms with van der Waals surface area (Å²) in [5, 5.41) is 0. The number of hydrogen-bond donors (Lipinski definition) is 1. The van der Waals surface area contributed by atoms with Gasteiger partial charge in [0.05, 0.1) is 0 Å². The zero-order valence-corrected chi connectivity index (χ0v) is 8.07. The fourth-order valence-corrected chi connectivity index (χ4v) is 3.77. The van der Waals surface area contributed by atoms with E-state index in [9.17, 15) is 0 Å². The summed E-state index contributed by atoms with van der Waals surface area (Å²) in [7, 11) is -0.905. The van der Waals surface area contributed by atoms with Gasteiger partial charge in [-0.1, -0.05) is 24.5 Å². The predicted molar refractivity (Wildman–Crippen MR) is 46.8 cm³/mol. The molecule has 0 saturated carbocycles. The molecule has 0 aliphatic rings. The van der Waals surface area contributed by atoms with Gasteiger partial charge in [0, 0.05) is 0 Å². The lowest BCUT2D eigenvalue weighted by Crippen LogP contribution is -2.39. The van der Waals surface area contributed by atoms with Crippen LogP contribution < -0.4 is 4.65 Å². The van der Waals surface area contributed by atoms with Crippen molar-refractivity contribution in [3.63, 3.8) is 0 Å². The van der Waals surface area contributed by atoms with Gasteiger partial charge < -0.3 is 4.65 Å². The van der Waals surface area contributed by atoms with Crippen LogP contribution in [0.4, 0.5) is 0 Å². The highest BCUT2D eigenvalue weighted by Gasteiger charge is 2.02. The number of nitrogens with one attached hydrogen (secondary N) is 1. The zero-order chi connectivity index (χ0) is 7.28. The molecule has 2 radical (unpaired) electrons. The molecule has 0 aromatic carbocycles. The third-order valence-corrected chi connectivity index (χ3v) is 4.87. The van der Waals surface area contributed by atoms with Crippen molar-refractivity contribution < 1.29 is 0 Å². The Morgan fingerprint density at radius 2 is 1.67 bits per heavy atom. The van der Waals surface area contributed by atoms with Crippen molar-refractivity contribution in [3.8, 4) is 0 Å². The fourth-order valence-electron chi connectivity index (χ4n) is 0.474. The topological polar surface area (TPSA) is 12.0 Å². The van der Waals surface area contributed by atoms with Crippen LogP contribution in [-0.2, 0) is 0 Å². The molecular formula is C6H13NSi2. The van der Waals surface area contributed by atoms with Gasteiger partial charge in [-0.15, -0.1) is 13.2 Å². The van der Waals surface area contributed by atoms with E-state index in [2.05, 4.69) is 30.9 Å². The van der Waals surface area contributed by atoms with Crippen LogP contribution in [0.5, 0.6) is 0 Å². The second-order valence-electron chi connectivity index (χ2n) is 1.99. The van der Waals surface area contributed by atoms with Gasteiger partial charge in [-0.25, -0.2) is 0 Å². The van der Waals surface area contributed by atoms with E-state index in [1.807, 2.05) is 11.4 Å². The van der Waals surface area contributed by atoms with E-state index < -0.39 is 8.96 Å². The van der Waals surface area contributed by atoms with Crippen LogP contribution in [-0.4, -0.2) is 17.9 Å². The maximum absolute atomic E-state index is 3.71. The lowest BCUT2D eigenvalue weighted by Gasteiger charge is -2.08. The first-order valence-electron chi connectivity index (χ1n) is 2.89. The van der Waals surface area contributed by atoms with Crippen molar-refractivity contribution in [3.05, 3.63) is 24.6 Å². The molecule has 1 N–H and O–H groups in total. The molecule has 0 amide bonds. The highest BCUT2D eigenvalue weighted by Crippen LogP contribution is 1.81. The first-order chi connectivity index (χ1) is 4.20. The molecule has 0 aliphatic carbocycles. The predicted octanol–water partition coefficient (Wildman–Crippen LogP) is 1.27. The molecule has 9 heavy (non-hydrogen) atoms. The second kappa shape index (κ2) is 4.72. The average Bonchev–Trinajstić information content (AvgIpc) is 1.82. The van der Waals surface area contributed by atoms with E-state index in [0.29, 0.717) is 0 Å². The lowest BCUT2D eigenvalue weighted by molar-refractivity contribution is 1.48. The molecule has 0 spiro atoms. The first-order valence-corrected chi connectivity index (χ1v) is 7.05. The Morgan fingerprint density at radius 1 is 1.22 bits per heavy atom. The summed E-state index contributed by atoms with van der Waals surface area (Å²) in [4.78, 5) is 0. The monoisotopic (exact) mass is 155 g/mol. The molecule has 0 unspecified atom stereocenters. The standard InChI is InChI=1S/C6H13NSi2/c1-5-9(6-2)7-8(3)4/h5-7H,1-2H2,3-4H3. The SMILES string of the molecule is C=C[Si](C=C)N[Si](C)C. The summed E-state index contributed by atoms with van der Waals surface area (Å²) in [6.07, 6.45) is 0. The summed E-state index contributed by atoms with van der Waals surface area (Å²) in [6, 6.07) is 0. The van der Waals surface area contributed by atoms with Crippen LogP contribution in [0, 0.1) is 0 Å². The van der Waals surface area contributed by atoms with Gasteiger partial charge in [-0.2, -0.15) is 0 Å². The third kappa shape index (κ3) is 4.38. The van der Waals surface area contributed by atoms with Crippen LogP contribution in [0.1, 0.15) is 0 Å². The summed E-state index contributed by atoms with van der Waals surface area (Å²) >= 11 is 0. The van der Waals surface area contributed by atoms with Gasteiger partial charge in [-0.05, 0) is 0 Å². The van der Waals surface area contributed by atoms with E-state index in [1.165, 1.54) is 0 Å². The van der Waals surface area contributed by atoms with E-state index in [1.54, 1.807) is 0 Å². The van der Waals surface area contributed by atoms with E-state index in [0.717, 1.165) is 0 Å². The summed E-state index contributed by atoms with van der Waals surface area (Å²) in [6.45, 7) is 11.9. The van der Waals surface area contributed by atoms with Crippen molar-refractivity contribution >= 4 is 17.9 Å². The van der Waals surface area contributed by atoms with Crippen LogP contribution in [0.15, 0.2) is 24.6 Å². The smallest absolute Gasteiger partial charge is 0.182 e. The quantitative estimate of drug-likeness (QED) is 0.603.